The minimum absolute atomic E-state index is 0. The number of halogens is 1. The zero-order valence-corrected chi connectivity index (χ0v) is 22.1. The molecule has 1 aromatic heterocycles. The average molecular weight is 565 g/mol. The van der Waals surface area contributed by atoms with E-state index in [9.17, 15) is 0 Å². The molecule has 1 atom stereocenters. The Morgan fingerprint density at radius 1 is 1.03 bits per heavy atom. The quantitative estimate of drug-likeness (QED) is 0.289. The zero-order valence-electron chi connectivity index (χ0n) is 19.8. The number of likely N-dealkylation sites (tertiary alicyclic amines) is 1. The highest BCUT2D eigenvalue weighted by atomic mass is 127. The number of guanidine groups is 1. The van der Waals surface area contributed by atoms with Crippen LogP contribution < -0.4 is 20.3 Å². The number of aliphatic imine (C=N–C) groups is 1. The Morgan fingerprint density at radius 2 is 1.76 bits per heavy atom. The van der Waals surface area contributed by atoms with Gasteiger partial charge in [0.1, 0.15) is 11.6 Å². The van der Waals surface area contributed by atoms with Gasteiger partial charge in [-0.25, -0.2) is 4.98 Å². The fourth-order valence-electron chi connectivity index (χ4n) is 4.69. The van der Waals surface area contributed by atoms with E-state index in [1.54, 1.807) is 7.11 Å². The first-order chi connectivity index (χ1) is 15.8. The molecule has 180 valence electrons. The van der Waals surface area contributed by atoms with Crippen molar-refractivity contribution in [2.75, 3.05) is 51.8 Å². The Kier molecular flexibility index (Phi) is 10.1. The first-order valence-corrected chi connectivity index (χ1v) is 11.8. The monoisotopic (exact) mass is 564 g/mol. The highest BCUT2D eigenvalue weighted by Gasteiger charge is 2.26. The van der Waals surface area contributed by atoms with Gasteiger partial charge in [-0.05, 0) is 56.5 Å². The number of pyridine rings is 1. The van der Waals surface area contributed by atoms with E-state index in [2.05, 4.69) is 54.7 Å². The Balaban J connectivity index is 0.00000306. The van der Waals surface area contributed by atoms with Crippen LogP contribution in [-0.4, -0.2) is 62.7 Å². The van der Waals surface area contributed by atoms with Gasteiger partial charge in [0.15, 0.2) is 5.96 Å². The van der Waals surface area contributed by atoms with E-state index in [1.807, 2.05) is 25.4 Å². The minimum Gasteiger partial charge on any atom is -0.496 e. The van der Waals surface area contributed by atoms with Gasteiger partial charge in [-0.2, -0.15) is 0 Å². The number of ether oxygens (including phenoxy) is 1. The van der Waals surface area contributed by atoms with Crippen LogP contribution in [0.3, 0.4) is 0 Å². The van der Waals surface area contributed by atoms with Crippen molar-refractivity contribution in [1.82, 2.24) is 20.5 Å². The summed E-state index contributed by atoms with van der Waals surface area (Å²) in [7, 11) is 3.56. The van der Waals surface area contributed by atoms with Crippen LogP contribution in [0.15, 0.2) is 47.6 Å². The molecule has 2 N–H and O–H groups in total. The third-order valence-corrected chi connectivity index (χ3v) is 6.46. The largest absolute Gasteiger partial charge is 0.496 e. The number of para-hydroxylation sites is 1. The number of hydrogen-bond donors (Lipinski definition) is 2. The van der Waals surface area contributed by atoms with Crippen LogP contribution in [0.4, 0.5) is 5.82 Å². The van der Waals surface area contributed by atoms with Gasteiger partial charge >= 0.3 is 0 Å². The molecule has 2 aliphatic heterocycles. The molecule has 0 radical (unpaired) electrons. The molecule has 7 nitrogen and oxygen atoms in total. The van der Waals surface area contributed by atoms with Crippen molar-refractivity contribution in [3.8, 4) is 5.75 Å². The first kappa shape index (κ1) is 25.6. The summed E-state index contributed by atoms with van der Waals surface area (Å²) in [4.78, 5) is 14.0. The molecule has 3 heterocycles. The Labute approximate surface area is 215 Å². The van der Waals surface area contributed by atoms with E-state index in [1.165, 1.54) is 31.2 Å². The molecule has 4 rings (SSSR count). The number of methoxy groups -OCH3 is 1. The second-order valence-electron chi connectivity index (χ2n) is 8.53. The van der Waals surface area contributed by atoms with Crippen LogP contribution in [0.2, 0.25) is 0 Å². The zero-order chi connectivity index (χ0) is 22.2. The molecular formula is C25H37IN6O. The van der Waals surface area contributed by atoms with Crippen LogP contribution in [0.25, 0.3) is 0 Å². The summed E-state index contributed by atoms with van der Waals surface area (Å²) in [5.74, 6) is 2.82. The van der Waals surface area contributed by atoms with E-state index < -0.39 is 0 Å². The number of nitrogens with zero attached hydrogens (tertiary/aromatic N) is 4. The van der Waals surface area contributed by atoms with Crippen LogP contribution in [-0.2, 0) is 6.54 Å². The minimum atomic E-state index is 0. The lowest BCUT2D eigenvalue weighted by Gasteiger charge is -2.30. The summed E-state index contributed by atoms with van der Waals surface area (Å²) in [6.07, 6.45) is 6.99. The number of hydrogen-bond acceptors (Lipinski definition) is 5. The van der Waals surface area contributed by atoms with Crippen LogP contribution in [0.1, 0.15) is 42.9 Å². The van der Waals surface area contributed by atoms with Gasteiger partial charge in [-0.1, -0.05) is 24.3 Å². The smallest absolute Gasteiger partial charge is 0.191 e. The van der Waals surface area contributed by atoms with Gasteiger partial charge in [0.25, 0.3) is 0 Å². The van der Waals surface area contributed by atoms with Gasteiger partial charge < -0.3 is 20.3 Å². The molecule has 2 fully saturated rings. The van der Waals surface area contributed by atoms with E-state index in [-0.39, 0.29) is 30.0 Å². The van der Waals surface area contributed by atoms with Crippen molar-refractivity contribution in [2.45, 2.75) is 38.3 Å². The predicted octanol–water partition coefficient (Wildman–Crippen LogP) is 3.81. The normalized spacial score (nSPS) is 17.5. The molecule has 1 aromatic carbocycles. The fraction of sp³-hybridized carbons (Fsp3) is 0.520. The Morgan fingerprint density at radius 3 is 2.42 bits per heavy atom. The van der Waals surface area contributed by atoms with E-state index in [0.717, 1.165) is 55.8 Å². The summed E-state index contributed by atoms with van der Waals surface area (Å²) in [5, 5.41) is 6.97. The fourth-order valence-corrected chi connectivity index (χ4v) is 4.69. The molecular weight excluding hydrogens is 527 g/mol. The molecule has 0 aliphatic carbocycles. The van der Waals surface area contributed by atoms with E-state index >= 15 is 0 Å². The number of anilines is 1. The summed E-state index contributed by atoms with van der Waals surface area (Å²) < 4.78 is 5.66. The molecule has 0 spiro atoms. The lowest BCUT2D eigenvalue weighted by atomic mass is 10.0. The van der Waals surface area contributed by atoms with Crippen molar-refractivity contribution >= 4 is 35.8 Å². The van der Waals surface area contributed by atoms with Gasteiger partial charge in [0, 0.05) is 45.0 Å². The highest BCUT2D eigenvalue weighted by molar-refractivity contribution is 14.0. The lowest BCUT2D eigenvalue weighted by molar-refractivity contribution is 0.239. The maximum Gasteiger partial charge on any atom is 0.191 e. The predicted molar refractivity (Wildman–Crippen MR) is 146 cm³/mol. The maximum absolute atomic E-state index is 5.66. The lowest BCUT2D eigenvalue weighted by Crippen LogP contribution is -2.42. The Hall–Kier alpha value is -2.07. The summed E-state index contributed by atoms with van der Waals surface area (Å²) >= 11 is 0. The molecule has 2 saturated heterocycles. The van der Waals surface area contributed by atoms with Crippen molar-refractivity contribution in [3.63, 3.8) is 0 Å². The van der Waals surface area contributed by atoms with Crippen LogP contribution >= 0.6 is 24.0 Å². The van der Waals surface area contributed by atoms with Crippen LogP contribution in [0, 0.1) is 0 Å². The summed E-state index contributed by atoms with van der Waals surface area (Å²) in [5.41, 5.74) is 2.37. The van der Waals surface area contributed by atoms with Crippen LogP contribution in [0.5, 0.6) is 5.75 Å². The third-order valence-electron chi connectivity index (χ3n) is 6.46. The second-order valence-corrected chi connectivity index (χ2v) is 8.53. The SMILES string of the molecule is CN=C(NCc1ccc(N2CCCC2)nc1)NCC(c1ccccc1OC)N1CCCC1.I. The topological polar surface area (TPSA) is 65.0 Å². The van der Waals surface area contributed by atoms with Crippen molar-refractivity contribution in [2.24, 2.45) is 4.99 Å². The molecule has 2 aromatic rings. The second kappa shape index (κ2) is 13.0. The number of nitrogens with one attached hydrogen (secondary N) is 2. The highest BCUT2D eigenvalue weighted by Crippen LogP contribution is 2.31. The summed E-state index contributed by atoms with van der Waals surface area (Å²) in [6, 6.07) is 12.9. The molecule has 8 heteroatoms. The molecule has 33 heavy (non-hydrogen) atoms. The van der Waals surface area contributed by atoms with E-state index in [4.69, 9.17) is 4.74 Å². The van der Waals surface area contributed by atoms with Gasteiger partial charge in [-0.15, -0.1) is 24.0 Å². The van der Waals surface area contributed by atoms with Gasteiger partial charge in [0.05, 0.1) is 13.2 Å². The van der Waals surface area contributed by atoms with Gasteiger partial charge in [-0.3, -0.25) is 9.89 Å². The molecule has 0 bridgehead atoms. The molecule has 0 saturated carbocycles. The Bertz CT molecular complexity index is 879. The van der Waals surface area contributed by atoms with Crippen molar-refractivity contribution in [1.29, 1.82) is 0 Å². The van der Waals surface area contributed by atoms with E-state index in [0.29, 0.717) is 6.54 Å². The molecule has 1 unspecified atom stereocenters. The molecule has 0 amide bonds. The average Bonchev–Trinajstić information content (AvgIpc) is 3.57. The van der Waals surface area contributed by atoms with Crippen molar-refractivity contribution < 1.29 is 4.74 Å². The third kappa shape index (κ3) is 6.72. The number of aromatic nitrogens is 1. The maximum atomic E-state index is 5.66. The number of rotatable bonds is 8. The first-order valence-electron chi connectivity index (χ1n) is 11.8. The van der Waals surface area contributed by atoms with Gasteiger partial charge in [0.2, 0.25) is 0 Å². The molecule has 2 aliphatic rings. The number of benzene rings is 1. The van der Waals surface area contributed by atoms with Crippen molar-refractivity contribution in [3.05, 3.63) is 53.7 Å². The standard InChI is InChI=1S/C25H36N6O.HI/c1-26-25(28-18-20-11-12-24(27-17-20)31-15-7-8-16-31)29-19-22(30-13-5-6-14-30)21-9-3-4-10-23(21)32-2;/h3-4,9-12,17,22H,5-8,13-16,18-19H2,1-2H3,(H2,26,28,29);1H. The summed E-state index contributed by atoms with van der Waals surface area (Å²) in [6.45, 7) is 5.93.